The lowest BCUT2D eigenvalue weighted by atomic mass is 10.2. The zero-order valence-corrected chi connectivity index (χ0v) is 11.8. The molecule has 5 nitrogen and oxygen atoms in total. The molecule has 0 aromatic carbocycles. The normalized spacial score (nSPS) is 14.6. The monoisotopic (exact) mass is 349 g/mol. The van der Waals surface area contributed by atoms with Crippen molar-refractivity contribution in [2.45, 2.75) is 23.6 Å². The van der Waals surface area contributed by atoms with Crippen LogP contribution in [0.4, 0.5) is 22.0 Å². The quantitative estimate of drug-likeness (QED) is 0.232. The fourth-order valence-corrected chi connectivity index (χ4v) is 1.19. The van der Waals surface area contributed by atoms with Gasteiger partial charge in [-0.05, 0) is 6.20 Å². The van der Waals surface area contributed by atoms with Gasteiger partial charge in [0.05, 0.1) is 6.61 Å². The van der Waals surface area contributed by atoms with Crippen molar-refractivity contribution in [1.29, 1.82) is 0 Å². The molecule has 0 aliphatic heterocycles. The zero-order chi connectivity index (χ0) is 17.6. The van der Waals surface area contributed by atoms with Crippen molar-refractivity contribution < 1.29 is 41.0 Å². The van der Waals surface area contributed by atoms with Crippen LogP contribution in [0.2, 0.25) is 0 Å². The van der Waals surface area contributed by atoms with Crippen LogP contribution < -0.4 is 5.32 Å². The Hall–Kier alpha value is -1.62. The molecule has 0 saturated heterocycles. The summed E-state index contributed by atoms with van der Waals surface area (Å²) in [5.41, 5.74) is 0. The summed E-state index contributed by atoms with van der Waals surface area (Å²) in [6.45, 7) is 4.56. The van der Waals surface area contributed by atoms with Gasteiger partial charge in [0.25, 0.3) is 5.25 Å². The van der Waals surface area contributed by atoms with Crippen molar-refractivity contribution in [1.82, 2.24) is 5.32 Å². The number of carbonyl (C=O) groups is 2. The molecule has 22 heavy (non-hydrogen) atoms. The Morgan fingerprint density at radius 3 is 2.09 bits per heavy atom. The third-order valence-electron chi connectivity index (χ3n) is 2.02. The Bertz CT molecular complexity index is 449. The number of ether oxygens (including phenoxy) is 2. The molecule has 11 heteroatoms. The van der Waals surface area contributed by atoms with Crippen molar-refractivity contribution in [2.24, 2.45) is 0 Å². The second kappa shape index (κ2) is 7.58. The molecule has 1 amide bonds. The maximum absolute atomic E-state index is 13.1. The SMILES string of the molecule is C=CNC(=O)C(OCCC(F)(F)S)(OC(=O)C=C)C(F)(F)F. The first-order chi connectivity index (χ1) is 9.89. The van der Waals surface area contributed by atoms with Crippen LogP contribution in [0.25, 0.3) is 0 Å². The van der Waals surface area contributed by atoms with Crippen LogP contribution in [0.1, 0.15) is 6.42 Å². The van der Waals surface area contributed by atoms with Crippen LogP contribution in [-0.2, 0) is 19.1 Å². The van der Waals surface area contributed by atoms with Gasteiger partial charge in [0.1, 0.15) is 0 Å². The summed E-state index contributed by atoms with van der Waals surface area (Å²) >= 11 is 2.80. The molecule has 0 aromatic heterocycles. The van der Waals surface area contributed by atoms with Crippen LogP contribution in [0.15, 0.2) is 25.4 Å². The van der Waals surface area contributed by atoms with E-state index in [1.807, 2.05) is 0 Å². The molecule has 126 valence electrons. The molecule has 0 heterocycles. The largest absolute Gasteiger partial charge is 0.466 e. The van der Waals surface area contributed by atoms with E-state index in [2.05, 4.69) is 35.3 Å². The van der Waals surface area contributed by atoms with Crippen molar-refractivity contribution in [3.63, 3.8) is 0 Å². The van der Waals surface area contributed by atoms with Crippen LogP contribution in [-0.4, -0.2) is 35.7 Å². The van der Waals surface area contributed by atoms with Gasteiger partial charge in [-0.3, -0.25) is 4.79 Å². The minimum Gasteiger partial charge on any atom is -0.412 e. The minimum atomic E-state index is -5.55. The second-order valence-corrected chi connectivity index (χ2v) is 4.34. The first-order valence-electron chi connectivity index (χ1n) is 5.48. The molecule has 0 saturated carbocycles. The Kier molecular flexibility index (Phi) is 7.03. The Morgan fingerprint density at radius 1 is 1.18 bits per heavy atom. The van der Waals surface area contributed by atoms with Crippen LogP contribution in [0.5, 0.6) is 0 Å². The molecule has 0 aliphatic carbocycles. The average molecular weight is 349 g/mol. The number of hydrogen-bond acceptors (Lipinski definition) is 5. The van der Waals surface area contributed by atoms with Gasteiger partial charge >= 0.3 is 23.8 Å². The van der Waals surface area contributed by atoms with E-state index >= 15 is 0 Å². The first kappa shape index (κ1) is 20.4. The molecule has 0 spiro atoms. The fourth-order valence-electron chi connectivity index (χ4n) is 1.10. The van der Waals surface area contributed by atoms with E-state index in [9.17, 15) is 31.5 Å². The highest BCUT2D eigenvalue weighted by Crippen LogP contribution is 2.36. The van der Waals surface area contributed by atoms with E-state index in [0.717, 1.165) is 0 Å². The topological polar surface area (TPSA) is 64.6 Å². The van der Waals surface area contributed by atoms with Crippen molar-refractivity contribution >= 4 is 24.5 Å². The number of amides is 1. The highest BCUT2D eigenvalue weighted by molar-refractivity contribution is 7.81. The molecule has 1 unspecified atom stereocenters. The number of esters is 1. The highest BCUT2D eigenvalue weighted by atomic mass is 32.1. The van der Waals surface area contributed by atoms with Gasteiger partial charge < -0.3 is 14.8 Å². The summed E-state index contributed by atoms with van der Waals surface area (Å²) < 4.78 is 72.5. The number of nitrogens with one attached hydrogen (secondary N) is 1. The minimum absolute atomic E-state index is 0.345. The summed E-state index contributed by atoms with van der Waals surface area (Å²) in [5, 5.41) is -2.11. The van der Waals surface area contributed by atoms with E-state index in [-0.39, 0.29) is 0 Å². The van der Waals surface area contributed by atoms with Gasteiger partial charge in [0.15, 0.2) is 0 Å². The van der Waals surface area contributed by atoms with Gasteiger partial charge in [-0.1, -0.05) is 13.2 Å². The predicted octanol–water partition coefficient (Wildman–Crippen LogP) is 2.16. The molecule has 0 rings (SSSR count). The first-order valence-corrected chi connectivity index (χ1v) is 5.92. The van der Waals surface area contributed by atoms with E-state index < -0.39 is 42.1 Å². The smallest absolute Gasteiger partial charge is 0.412 e. The Labute approximate surface area is 127 Å². The number of carbonyl (C=O) groups excluding carboxylic acids is 2. The van der Waals surface area contributed by atoms with Gasteiger partial charge in [0.2, 0.25) is 0 Å². The highest BCUT2D eigenvalue weighted by Gasteiger charge is 2.66. The second-order valence-electron chi connectivity index (χ2n) is 3.68. The van der Waals surface area contributed by atoms with Crippen molar-refractivity contribution in [3.05, 3.63) is 25.4 Å². The third-order valence-corrected chi connectivity index (χ3v) is 2.25. The average Bonchev–Trinajstić information content (AvgIpc) is 2.34. The number of rotatable bonds is 8. The molecule has 0 radical (unpaired) electrons. The summed E-state index contributed by atoms with van der Waals surface area (Å²) in [6, 6.07) is 0. The van der Waals surface area contributed by atoms with Crippen LogP contribution >= 0.6 is 12.6 Å². The molecule has 0 bridgehead atoms. The van der Waals surface area contributed by atoms with Gasteiger partial charge in [-0.25, -0.2) is 4.79 Å². The number of halogens is 5. The lowest BCUT2D eigenvalue weighted by Gasteiger charge is -2.32. The third kappa shape index (κ3) is 5.64. The van der Waals surface area contributed by atoms with E-state index in [1.165, 1.54) is 5.32 Å². The van der Waals surface area contributed by atoms with E-state index in [0.29, 0.717) is 12.3 Å². The molecule has 0 aromatic rings. The molecule has 1 atom stereocenters. The molecule has 1 N–H and O–H groups in total. The maximum atomic E-state index is 13.1. The fraction of sp³-hybridized carbons (Fsp3) is 0.455. The Balaban J connectivity index is 5.55. The van der Waals surface area contributed by atoms with Gasteiger partial charge in [-0.15, -0.1) is 12.6 Å². The summed E-state index contributed by atoms with van der Waals surface area (Å²) in [6.07, 6.45) is -5.90. The molecule has 0 aliphatic rings. The molecule has 0 fully saturated rings. The Morgan fingerprint density at radius 2 is 1.73 bits per heavy atom. The standard InChI is InChI=1S/C11H12F5NO4S/c1-3-7(18)21-10(11(14,15)16,8(19)17-4-2)20-6-5-9(12,13)22/h3-4,22H,1-2,5-6H2,(H,17,19). The summed E-state index contributed by atoms with van der Waals surface area (Å²) in [7, 11) is 0. The maximum Gasteiger partial charge on any atom is 0.466 e. The zero-order valence-electron chi connectivity index (χ0n) is 11.0. The van der Waals surface area contributed by atoms with Crippen molar-refractivity contribution in [3.8, 4) is 0 Å². The number of alkyl halides is 5. The number of thiol groups is 1. The van der Waals surface area contributed by atoms with Gasteiger partial charge in [-0.2, -0.15) is 22.0 Å². The lowest BCUT2D eigenvalue weighted by Crippen LogP contribution is -2.60. The number of hydrogen-bond donors (Lipinski definition) is 2. The van der Waals surface area contributed by atoms with Crippen LogP contribution in [0.3, 0.4) is 0 Å². The molecular formula is C11H12F5NO4S. The van der Waals surface area contributed by atoms with Crippen LogP contribution in [0, 0.1) is 0 Å². The van der Waals surface area contributed by atoms with E-state index in [4.69, 9.17) is 0 Å². The molecular weight excluding hydrogens is 337 g/mol. The summed E-state index contributed by atoms with van der Waals surface area (Å²) in [4.78, 5) is 22.6. The predicted molar refractivity (Wildman–Crippen MR) is 67.9 cm³/mol. The van der Waals surface area contributed by atoms with Crippen molar-refractivity contribution in [2.75, 3.05) is 6.61 Å². The summed E-state index contributed by atoms with van der Waals surface area (Å²) in [5.74, 6) is -7.73. The van der Waals surface area contributed by atoms with Gasteiger partial charge in [0, 0.05) is 12.5 Å². The van der Waals surface area contributed by atoms with E-state index in [1.54, 1.807) is 0 Å². The lowest BCUT2D eigenvalue weighted by molar-refractivity contribution is -0.347.